The lowest BCUT2D eigenvalue weighted by Gasteiger charge is -2.07. The molecule has 2 N–H and O–H groups in total. The van der Waals surface area contributed by atoms with Gasteiger partial charge in [0.15, 0.2) is 0 Å². The molecule has 1 aromatic carbocycles. The van der Waals surface area contributed by atoms with Crippen molar-refractivity contribution in [2.24, 2.45) is 0 Å². The van der Waals surface area contributed by atoms with E-state index < -0.39 is 33.6 Å². The number of aromatic nitrogens is 2. The molecule has 0 atom stereocenters. The Bertz CT molecular complexity index is 1190. The minimum atomic E-state index is -4.50. The second-order valence-corrected chi connectivity index (χ2v) is 5.54. The molecule has 0 saturated carbocycles. The van der Waals surface area contributed by atoms with Crippen LogP contribution in [-0.4, -0.2) is 14.9 Å². The molecule has 144 valence electrons. The second kappa shape index (κ2) is 7.02. The third-order valence-electron chi connectivity index (χ3n) is 3.64. The molecule has 2 heterocycles. The summed E-state index contributed by atoms with van der Waals surface area (Å²) < 4.78 is 43.9. The van der Waals surface area contributed by atoms with Crippen LogP contribution < -0.4 is 11.2 Å². The summed E-state index contributed by atoms with van der Waals surface area (Å²) in [6.45, 7) is 0. The van der Waals surface area contributed by atoms with E-state index in [4.69, 9.17) is 4.42 Å². The molecule has 28 heavy (non-hydrogen) atoms. The normalized spacial score (nSPS) is 11.8. The molecule has 0 bridgehead atoms. The smallest absolute Gasteiger partial charge is 0.416 e. The Hall–Kier alpha value is -3.89. The summed E-state index contributed by atoms with van der Waals surface area (Å²) in [6.07, 6.45) is -2.19. The van der Waals surface area contributed by atoms with Crippen LogP contribution in [0.15, 0.2) is 50.4 Å². The van der Waals surface area contributed by atoms with Gasteiger partial charge in [0, 0.05) is 5.56 Å². The minimum absolute atomic E-state index is 0.139. The highest BCUT2D eigenvalue weighted by Gasteiger charge is 2.30. The van der Waals surface area contributed by atoms with Crippen LogP contribution in [0.3, 0.4) is 0 Å². The van der Waals surface area contributed by atoms with E-state index in [0.717, 1.165) is 18.2 Å². The van der Waals surface area contributed by atoms with Crippen LogP contribution in [0.4, 0.5) is 18.9 Å². The molecule has 0 unspecified atom stereocenters. The van der Waals surface area contributed by atoms with Gasteiger partial charge in [-0.25, -0.2) is 4.79 Å². The fourth-order valence-electron chi connectivity index (χ4n) is 2.41. The average molecular weight is 393 g/mol. The molecular formula is C17H10F3N3O5. The monoisotopic (exact) mass is 393 g/mol. The van der Waals surface area contributed by atoms with Gasteiger partial charge in [-0.3, -0.25) is 19.9 Å². The Morgan fingerprint density at radius 3 is 2.50 bits per heavy atom. The molecule has 0 saturated heterocycles. The van der Waals surface area contributed by atoms with Crippen molar-refractivity contribution in [3.63, 3.8) is 0 Å². The van der Waals surface area contributed by atoms with Gasteiger partial charge >= 0.3 is 23.1 Å². The molecular weight excluding hydrogens is 383 g/mol. The molecule has 8 nitrogen and oxygen atoms in total. The van der Waals surface area contributed by atoms with Gasteiger partial charge in [0.25, 0.3) is 0 Å². The SMILES string of the molecule is O=c1[nH]c(/C=C\c2ccc(-c3cccc(C(F)(F)F)c3)o2)c([N+](=O)[O-])c(=O)[nH]1. The lowest BCUT2D eigenvalue weighted by atomic mass is 10.1. The van der Waals surface area contributed by atoms with E-state index in [1.54, 1.807) is 4.98 Å². The zero-order valence-corrected chi connectivity index (χ0v) is 13.7. The molecule has 0 aliphatic carbocycles. The number of hydrogen-bond acceptors (Lipinski definition) is 5. The van der Waals surface area contributed by atoms with Crippen molar-refractivity contribution >= 4 is 17.8 Å². The van der Waals surface area contributed by atoms with Gasteiger partial charge in [-0.1, -0.05) is 12.1 Å². The van der Waals surface area contributed by atoms with E-state index >= 15 is 0 Å². The molecule has 2 aromatic heterocycles. The summed E-state index contributed by atoms with van der Waals surface area (Å²) in [7, 11) is 0. The van der Waals surface area contributed by atoms with Crippen molar-refractivity contribution in [1.29, 1.82) is 0 Å². The van der Waals surface area contributed by atoms with Crippen LogP contribution in [0.1, 0.15) is 17.0 Å². The van der Waals surface area contributed by atoms with E-state index in [1.807, 2.05) is 0 Å². The summed E-state index contributed by atoms with van der Waals surface area (Å²) in [5, 5.41) is 11.0. The third kappa shape index (κ3) is 3.92. The largest absolute Gasteiger partial charge is 0.457 e. The van der Waals surface area contributed by atoms with Crippen LogP contribution in [0.25, 0.3) is 23.5 Å². The number of halogens is 3. The highest BCUT2D eigenvalue weighted by atomic mass is 19.4. The van der Waals surface area contributed by atoms with Gasteiger partial charge in [-0.2, -0.15) is 13.2 Å². The molecule has 3 aromatic rings. The second-order valence-electron chi connectivity index (χ2n) is 5.54. The van der Waals surface area contributed by atoms with E-state index in [2.05, 4.69) is 4.98 Å². The van der Waals surface area contributed by atoms with Crippen molar-refractivity contribution in [3.8, 4) is 11.3 Å². The number of alkyl halides is 3. The van der Waals surface area contributed by atoms with Crippen molar-refractivity contribution in [2.75, 3.05) is 0 Å². The predicted molar refractivity (Wildman–Crippen MR) is 92.4 cm³/mol. The molecule has 0 spiro atoms. The molecule has 0 fully saturated rings. The Labute approximate surface area is 153 Å². The van der Waals surface area contributed by atoms with Gasteiger partial charge in [0.1, 0.15) is 17.2 Å². The third-order valence-corrected chi connectivity index (χ3v) is 3.64. The summed E-state index contributed by atoms with van der Waals surface area (Å²) in [5.41, 5.74) is -3.96. The minimum Gasteiger partial charge on any atom is -0.457 e. The lowest BCUT2D eigenvalue weighted by molar-refractivity contribution is -0.386. The fourth-order valence-corrected chi connectivity index (χ4v) is 2.41. The van der Waals surface area contributed by atoms with Crippen LogP contribution in [0, 0.1) is 10.1 Å². The van der Waals surface area contributed by atoms with Gasteiger partial charge in [-0.15, -0.1) is 0 Å². The Kier molecular flexibility index (Phi) is 4.74. The highest BCUT2D eigenvalue weighted by Crippen LogP contribution is 2.32. The number of aromatic amines is 2. The number of nitrogens with zero attached hydrogens (tertiary/aromatic N) is 1. The number of furan rings is 1. The zero-order chi connectivity index (χ0) is 20.5. The first-order chi connectivity index (χ1) is 13.1. The maximum absolute atomic E-state index is 12.8. The Morgan fingerprint density at radius 1 is 1.07 bits per heavy atom. The van der Waals surface area contributed by atoms with E-state index in [1.165, 1.54) is 30.3 Å². The number of hydrogen-bond donors (Lipinski definition) is 2. The van der Waals surface area contributed by atoms with Crippen LogP contribution in [0.5, 0.6) is 0 Å². The highest BCUT2D eigenvalue weighted by molar-refractivity contribution is 5.71. The zero-order valence-electron chi connectivity index (χ0n) is 13.7. The van der Waals surface area contributed by atoms with Gasteiger partial charge in [0.05, 0.1) is 10.5 Å². The van der Waals surface area contributed by atoms with E-state index in [-0.39, 0.29) is 22.8 Å². The first kappa shape index (κ1) is 18.9. The quantitative estimate of drug-likeness (QED) is 0.520. The molecule has 11 heteroatoms. The molecule has 0 aliphatic rings. The van der Waals surface area contributed by atoms with Crippen molar-refractivity contribution in [2.45, 2.75) is 6.18 Å². The topological polar surface area (TPSA) is 122 Å². The number of H-pyrrole nitrogens is 2. The molecule has 0 amide bonds. The molecule has 0 radical (unpaired) electrons. The van der Waals surface area contributed by atoms with Crippen molar-refractivity contribution in [3.05, 3.63) is 84.4 Å². The summed E-state index contributed by atoms with van der Waals surface area (Å²) >= 11 is 0. The lowest BCUT2D eigenvalue weighted by Crippen LogP contribution is -2.25. The van der Waals surface area contributed by atoms with Crippen LogP contribution in [-0.2, 0) is 6.18 Å². The first-order valence-electron chi connectivity index (χ1n) is 7.61. The van der Waals surface area contributed by atoms with Crippen molar-refractivity contribution < 1.29 is 22.5 Å². The summed E-state index contributed by atoms with van der Waals surface area (Å²) in [4.78, 5) is 36.8. The fraction of sp³-hybridized carbons (Fsp3) is 0.0588. The Morgan fingerprint density at radius 2 is 1.82 bits per heavy atom. The predicted octanol–water partition coefficient (Wildman–Crippen LogP) is 3.42. The van der Waals surface area contributed by atoms with Gasteiger partial charge in [-0.05, 0) is 36.4 Å². The summed E-state index contributed by atoms with van der Waals surface area (Å²) in [5.74, 6) is 0.280. The number of rotatable bonds is 4. The molecule has 3 rings (SSSR count). The first-order valence-corrected chi connectivity index (χ1v) is 7.61. The summed E-state index contributed by atoms with van der Waals surface area (Å²) in [6, 6.07) is 7.36. The van der Waals surface area contributed by atoms with Crippen molar-refractivity contribution in [1.82, 2.24) is 9.97 Å². The number of nitro groups is 1. The van der Waals surface area contributed by atoms with Gasteiger partial charge < -0.3 is 9.40 Å². The van der Waals surface area contributed by atoms with Gasteiger partial charge in [0.2, 0.25) is 0 Å². The maximum Gasteiger partial charge on any atom is 0.416 e. The van der Waals surface area contributed by atoms with E-state index in [0.29, 0.717) is 0 Å². The number of nitrogens with one attached hydrogen (secondary N) is 2. The number of benzene rings is 1. The molecule has 0 aliphatic heterocycles. The maximum atomic E-state index is 12.8. The van der Waals surface area contributed by atoms with E-state index in [9.17, 15) is 32.9 Å². The van der Waals surface area contributed by atoms with Crippen LogP contribution in [0.2, 0.25) is 0 Å². The average Bonchev–Trinajstić information content (AvgIpc) is 3.07. The standard InChI is InChI=1S/C17H10F3N3O5/c18-17(19,20)10-3-1-2-9(8-10)13-7-5-11(28-13)4-6-12-14(23(26)27)15(24)22-16(25)21-12/h1-8H,(H2,21,22,24,25)/b6-4-. The van der Waals surface area contributed by atoms with Crippen LogP contribution >= 0.6 is 0 Å². The Balaban J connectivity index is 1.94.